The monoisotopic (exact) mass is 274 g/mol. The van der Waals surface area contributed by atoms with Gasteiger partial charge in [-0.3, -0.25) is 0 Å². The maximum atomic E-state index is 11.9. The minimum atomic E-state index is -1.06. The van der Waals surface area contributed by atoms with Crippen molar-refractivity contribution in [3.05, 3.63) is 0 Å². The third-order valence-corrected chi connectivity index (χ3v) is 5.05. The number of hydrogen-bond acceptors (Lipinski definition) is 4. The number of amides is 2. The number of aliphatic hydroxyl groups is 1. The van der Waals surface area contributed by atoms with Gasteiger partial charge in [-0.2, -0.15) is 11.8 Å². The smallest absolute Gasteiger partial charge is 0.326 e. The number of urea groups is 1. The molecule has 102 valence electrons. The standard InChI is InChI=1S/C11H18N2O4S/c1-18-11(2-3-11)6-12-10(17)13-5-7(14)4-8(13)9(15)16/h7-8,14H,2-6H2,1H3,(H,12,17)(H,15,16)/t7-,8+/m1/s1. The Morgan fingerprint density at radius 3 is 2.67 bits per heavy atom. The van der Waals surface area contributed by atoms with E-state index in [0.717, 1.165) is 12.8 Å². The number of rotatable bonds is 4. The third kappa shape index (κ3) is 2.72. The number of aliphatic hydroxyl groups excluding tert-OH is 1. The van der Waals surface area contributed by atoms with Gasteiger partial charge >= 0.3 is 12.0 Å². The Hall–Kier alpha value is -0.950. The Morgan fingerprint density at radius 2 is 2.17 bits per heavy atom. The summed E-state index contributed by atoms with van der Waals surface area (Å²) >= 11 is 1.73. The number of likely N-dealkylation sites (tertiary alicyclic amines) is 1. The van der Waals surface area contributed by atoms with Gasteiger partial charge in [0.25, 0.3) is 0 Å². The predicted octanol–water partition coefficient (Wildman–Crippen LogP) is 0.111. The van der Waals surface area contributed by atoms with Gasteiger partial charge in [0.1, 0.15) is 6.04 Å². The minimum absolute atomic E-state index is 0.0923. The van der Waals surface area contributed by atoms with Gasteiger partial charge < -0.3 is 20.4 Å². The average molecular weight is 274 g/mol. The maximum Gasteiger partial charge on any atom is 0.326 e. The van der Waals surface area contributed by atoms with E-state index in [2.05, 4.69) is 5.32 Å². The molecule has 0 bridgehead atoms. The molecule has 0 spiro atoms. The van der Waals surface area contributed by atoms with Crippen molar-refractivity contribution in [2.45, 2.75) is 36.2 Å². The molecule has 0 aromatic heterocycles. The SMILES string of the molecule is CSC1(CNC(=O)N2C[C@H](O)C[C@H]2C(=O)O)CC1. The van der Waals surface area contributed by atoms with Crippen LogP contribution >= 0.6 is 11.8 Å². The van der Waals surface area contributed by atoms with Gasteiger partial charge in [0.2, 0.25) is 0 Å². The second-order valence-corrected chi connectivity index (χ2v) is 6.22. The van der Waals surface area contributed by atoms with Crippen LogP contribution in [-0.2, 0) is 4.79 Å². The van der Waals surface area contributed by atoms with Gasteiger partial charge in [-0.1, -0.05) is 0 Å². The van der Waals surface area contributed by atoms with Crippen molar-refractivity contribution in [2.24, 2.45) is 0 Å². The molecule has 0 radical (unpaired) electrons. The first-order valence-corrected chi connectivity index (χ1v) is 7.20. The molecule has 6 nitrogen and oxygen atoms in total. The lowest BCUT2D eigenvalue weighted by molar-refractivity contribution is -0.141. The second-order valence-electron chi connectivity index (χ2n) is 4.94. The molecular formula is C11H18N2O4S. The molecule has 1 aliphatic carbocycles. The molecule has 2 atom stereocenters. The van der Waals surface area contributed by atoms with Crippen molar-refractivity contribution in [2.75, 3.05) is 19.3 Å². The molecule has 2 amide bonds. The van der Waals surface area contributed by atoms with Gasteiger partial charge in [-0.25, -0.2) is 9.59 Å². The van der Waals surface area contributed by atoms with E-state index in [1.807, 2.05) is 6.26 Å². The van der Waals surface area contributed by atoms with Crippen molar-refractivity contribution in [3.63, 3.8) is 0 Å². The summed E-state index contributed by atoms with van der Waals surface area (Å²) in [7, 11) is 0. The molecule has 2 aliphatic rings. The number of nitrogens with zero attached hydrogens (tertiary/aromatic N) is 1. The lowest BCUT2D eigenvalue weighted by Crippen LogP contribution is -2.47. The van der Waals surface area contributed by atoms with Crippen molar-refractivity contribution in [1.82, 2.24) is 10.2 Å². The van der Waals surface area contributed by atoms with E-state index < -0.39 is 18.1 Å². The molecule has 18 heavy (non-hydrogen) atoms. The summed E-state index contributed by atoms with van der Waals surface area (Å²) in [6.07, 6.45) is 3.54. The van der Waals surface area contributed by atoms with E-state index in [1.165, 1.54) is 4.90 Å². The zero-order valence-corrected chi connectivity index (χ0v) is 11.1. The molecule has 3 N–H and O–H groups in total. The largest absolute Gasteiger partial charge is 0.480 e. The van der Waals surface area contributed by atoms with Gasteiger partial charge in [0.05, 0.1) is 6.10 Å². The normalized spacial score (nSPS) is 29.1. The average Bonchev–Trinajstić information content (AvgIpc) is 3.01. The summed E-state index contributed by atoms with van der Waals surface area (Å²) in [6.45, 7) is 0.654. The van der Waals surface area contributed by atoms with Crippen LogP contribution in [0.2, 0.25) is 0 Å². The van der Waals surface area contributed by atoms with Gasteiger partial charge in [0, 0.05) is 24.3 Å². The highest BCUT2D eigenvalue weighted by molar-refractivity contribution is 8.00. The van der Waals surface area contributed by atoms with E-state index in [4.69, 9.17) is 5.11 Å². The summed E-state index contributed by atoms with van der Waals surface area (Å²) in [4.78, 5) is 24.1. The summed E-state index contributed by atoms with van der Waals surface area (Å²) in [5.41, 5.74) is 0. The summed E-state index contributed by atoms with van der Waals surface area (Å²) in [5, 5.41) is 21.2. The quantitative estimate of drug-likeness (QED) is 0.677. The maximum absolute atomic E-state index is 11.9. The fourth-order valence-electron chi connectivity index (χ4n) is 2.20. The van der Waals surface area contributed by atoms with Crippen LogP contribution in [0.4, 0.5) is 4.79 Å². The summed E-state index contributed by atoms with van der Waals surface area (Å²) in [5.74, 6) is -1.06. The molecule has 1 aliphatic heterocycles. The number of thioether (sulfide) groups is 1. The van der Waals surface area contributed by atoms with Crippen molar-refractivity contribution in [1.29, 1.82) is 0 Å². The summed E-state index contributed by atoms with van der Waals surface area (Å²) < 4.78 is 0.146. The van der Waals surface area contributed by atoms with Crippen molar-refractivity contribution < 1.29 is 19.8 Å². The lowest BCUT2D eigenvalue weighted by atomic mass is 10.2. The number of nitrogens with one attached hydrogen (secondary N) is 1. The van der Waals surface area contributed by atoms with Crippen LogP contribution in [0.15, 0.2) is 0 Å². The zero-order valence-electron chi connectivity index (χ0n) is 10.3. The third-order valence-electron chi connectivity index (χ3n) is 3.63. The van der Waals surface area contributed by atoms with E-state index >= 15 is 0 Å². The Labute approximate surface area is 110 Å². The predicted molar refractivity (Wildman–Crippen MR) is 67.6 cm³/mol. The molecule has 0 aromatic carbocycles. The molecule has 0 aromatic rings. The van der Waals surface area contributed by atoms with Crippen LogP contribution in [0, 0.1) is 0 Å². The number of hydrogen-bond donors (Lipinski definition) is 3. The number of carboxylic acid groups (broad SMARTS) is 1. The van der Waals surface area contributed by atoms with Crippen LogP contribution in [0.3, 0.4) is 0 Å². The first-order valence-electron chi connectivity index (χ1n) is 5.98. The highest BCUT2D eigenvalue weighted by Gasteiger charge is 2.44. The van der Waals surface area contributed by atoms with Crippen LogP contribution in [-0.4, -0.2) is 63.4 Å². The number of carbonyl (C=O) groups excluding carboxylic acids is 1. The molecule has 1 saturated heterocycles. The molecule has 2 fully saturated rings. The van der Waals surface area contributed by atoms with Crippen LogP contribution in [0.25, 0.3) is 0 Å². The Kier molecular flexibility index (Phi) is 3.72. The first-order chi connectivity index (χ1) is 8.47. The number of carboxylic acids is 1. The van der Waals surface area contributed by atoms with E-state index in [0.29, 0.717) is 6.54 Å². The minimum Gasteiger partial charge on any atom is -0.480 e. The topological polar surface area (TPSA) is 89.9 Å². The Bertz CT molecular complexity index is 359. The Morgan fingerprint density at radius 1 is 1.50 bits per heavy atom. The first kappa shape index (κ1) is 13.5. The van der Waals surface area contributed by atoms with Crippen LogP contribution < -0.4 is 5.32 Å². The fraction of sp³-hybridized carbons (Fsp3) is 0.818. The van der Waals surface area contributed by atoms with Gasteiger partial charge in [0.15, 0.2) is 0 Å². The second kappa shape index (κ2) is 4.97. The highest BCUT2D eigenvalue weighted by Crippen LogP contribution is 2.46. The van der Waals surface area contributed by atoms with E-state index in [9.17, 15) is 14.7 Å². The van der Waals surface area contributed by atoms with Gasteiger partial charge in [-0.05, 0) is 19.1 Å². The highest BCUT2D eigenvalue weighted by atomic mass is 32.2. The van der Waals surface area contributed by atoms with Gasteiger partial charge in [-0.15, -0.1) is 0 Å². The molecule has 1 heterocycles. The zero-order chi connectivity index (χ0) is 13.3. The van der Waals surface area contributed by atoms with Crippen LogP contribution in [0.5, 0.6) is 0 Å². The van der Waals surface area contributed by atoms with Crippen molar-refractivity contribution >= 4 is 23.8 Å². The van der Waals surface area contributed by atoms with Crippen molar-refractivity contribution in [3.8, 4) is 0 Å². The molecule has 7 heteroatoms. The fourth-order valence-corrected chi connectivity index (χ4v) is 2.93. The lowest BCUT2D eigenvalue weighted by Gasteiger charge is -2.23. The van der Waals surface area contributed by atoms with Crippen LogP contribution in [0.1, 0.15) is 19.3 Å². The molecule has 2 rings (SSSR count). The Balaban J connectivity index is 1.89. The van der Waals surface area contributed by atoms with E-state index in [-0.39, 0.29) is 23.7 Å². The molecule has 0 unspecified atom stereocenters. The summed E-state index contributed by atoms with van der Waals surface area (Å²) in [6, 6.07) is -1.30. The molecular weight excluding hydrogens is 256 g/mol. The number of β-amino-alcohol motifs (C(OH)–C–C–N with tert-alkyl or cyclic N) is 1. The molecule has 1 saturated carbocycles. The van der Waals surface area contributed by atoms with E-state index in [1.54, 1.807) is 11.8 Å². The number of aliphatic carboxylic acids is 1. The number of carbonyl (C=O) groups is 2.